The van der Waals surface area contributed by atoms with Gasteiger partial charge in [0, 0.05) is 18.2 Å². The number of para-hydroxylation sites is 1. The number of nitrogens with one attached hydrogen (secondary N) is 2. The van der Waals surface area contributed by atoms with Crippen molar-refractivity contribution in [1.29, 1.82) is 0 Å². The summed E-state index contributed by atoms with van der Waals surface area (Å²) < 4.78 is 4.81. The first kappa shape index (κ1) is 17.2. The lowest BCUT2D eigenvalue weighted by atomic mass is 9.81. The van der Waals surface area contributed by atoms with Gasteiger partial charge in [0.15, 0.2) is 0 Å². The summed E-state index contributed by atoms with van der Waals surface area (Å²) in [5.74, 6) is -0.858. The number of aromatic nitrogens is 1. The number of piperidine rings is 1. The summed E-state index contributed by atoms with van der Waals surface area (Å²) in [5, 5.41) is 19.0. The lowest BCUT2D eigenvalue weighted by Crippen LogP contribution is -2.39. The Kier molecular flexibility index (Phi) is 5.45. The Morgan fingerprint density at radius 1 is 1.28 bits per heavy atom. The smallest absolute Gasteiger partial charge is 0.374 e. The van der Waals surface area contributed by atoms with Crippen LogP contribution >= 0.6 is 0 Å². The second-order valence-corrected chi connectivity index (χ2v) is 6.32. The number of rotatable bonds is 6. The van der Waals surface area contributed by atoms with Crippen LogP contribution in [-0.4, -0.2) is 35.2 Å². The molecule has 0 spiro atoms. The molecule has 25 heavy (non-hydrogen) atoms. The zero-order valence-corrected chi connectivity index (χ0v) is 13.8. The van der Waals surface area contributed by atoms with Crippen molar-refractivity contribution in [2.45, 2.75) is 19.3 Å². The summed E-state index contributed by atoms with van der Waals surface area (Å²) in [6.45, 7) is 1.65. The molecule has 0 radical (unpaired) electrons. The fourth-order valence-electron chi connectivity index (χ4n) is 3.23. The van der Waals surface area contributed by atoms with E-state index in [9.17, 15) is 9.59 Å². The molecule has 3 N–H and O–H groups in total. The molecule has 0 bridgehead atoms. The standard InChI is InChI=1S/C18H21N3O4/c22-17(20-14-4-2-1-3-5-14)9-12-6-7-19-11-13(12)8-15-10-16(18(23)24)25-21-15/h1-5,10,12-13,19H,6-9,11H2,(H,20,22)(H,23,24). The maximum Gasteiger partial charge on any atom is 0.374 e. The highest BCUT2D eigenvalue weighted by molar-refractivity contribution is 5.90. The first-order chi connectivity index (χ1) is 12.1. The molecule has 1 aromatic carbocycles. The van der Waals surface area contributed by atoms with Crippen molar-refractivity contribution in [1.82, 2.24) is 10.5 Å². The number of hydrogen-bond donors (Lipinski definition) is 3. The normalized spacial score (nSPS) is 20.2. The first-order valence-corrected chi connectivity index (χ1v) is 8.36. The van der Waals surface area contributed by atoms with Gasteiger partial charge in [0.25, 0.3) is 0 Å². The lowest BCUT2D eigenvalue weighted by molar-refractivity contribution is -0.117. The summed E-state index contributed by atoms with van der Waals surface area (Å²) in [7, 11) is 0. The number of carboxylic acid groups (broad SMARTS) is 1. The molecule has 2 atom stereocenters. The van der Waals surface area contributed by atoms with Gasteiger partial charge in [-0.25, -0.2) is 4.79 Å². The van der Waals surface area contributed by atoms with Crippen molar-refractivity contribution in [3.8, 4) is 0 Å². The Labute approximate surface area is 145 Å². The number of amides is 1. The highest BCUT2D eigenvalue weighted by atomic mass is 16.5. The van der Waals surface area contributed by atoms with E-state index < -0.39 is 5.97 Å². The molecule has 7 heteroatoms. The zero-order valence-electron chi connectivity index (χ0n) is 13.8. The highest BCUT2D eigenvalue weighted by Crippen LogP contribution is 2.26. The van der Waals surface area contributed by atoms with E-state index in [0.717, 1.165) is 25.2 Å². The van der Waals surface area contributed by atoms with Crippen molar-refractivity contribution in [2.75, 3.05) is 18.4 Å². The molecule has 2 heterocycles. The van der Waals surface area contributed by atoms with E-state index in [1.165, 1.54) is 6.07 Å². The molecule has 1 fully saturated rings. The van der Waals surface area contributed by atoms with Crippen LogP contribution in [-0.2, 0) is 11.2 Å². The molecule has 7 nitrogen and oxygen atoms in total. The summed E-state index contributed by atoms with van der Waals surface area (Å²) in [6.07, 6.45) is 1.93. The van der Waals surface area contributed by atoms with Gasteiger partial charge < -0.3 is 20.3 Å². The Morgan fingerprint density at radius 2 is 2.08 bits per heavy atom. The van der Waals surface area contributed by atoms with Crippen molar-refractivity contribution < 1.29 is 19.2 Å². The molecule has 1 saturated heterocycles. The van der Waals surface area contributed by atoms with Crippen LogP contribution in [0.25, 0.3) is 0 Å². The van der Waals surface area contributed by atoms with Crippen LogP contribution in [0, 0.1) is 11.8 Å². The van der Waals surface area contributed by atoms with E-state index >= 15 is 0 Å². The third-order valence-electron chi connectivity index (χ3n) is 4.51. The van der Waals surface area contributed by atoms with Crippen LogP contribution < -0.4 is 10.6 Å². The number of hydrogen-bond acceptors (Lipinski definition) is 5. The fourth-order valence-corrected chi connectivity index (χ4v) is 3.23. The summed E-state index contributed by atoms with van der Waals surface area (Å²) in [6, 6.07) is 10.8. The van der Waals surface area contributed by atoms with E-state index in [2.05, 4.69) is 15.8 Å². The van der Waals surface area contributed by atoms with Gasteiger partial charge in [-0.1, -0.05) is 23.4 Å². The van der Waals surface area contributed by atoms with E-state index in [4.69, 9.17) is 9.63 Å². The monoisotopic (exact) mass is 343 g/mol. The Morgan fingerprint density at radius 3 is 2.80 bits per heavy atom. The van der Waals surface area contributed by atoms with E-state index in [0.29, 0.717) is 18.5 Å². The minimum atomic E-state index is -1.13. The molecule has 1 aliphatic heterocycles. The number of carboxylic acids is 1. The number of carbonyl (C=O) groups excluding carboxylic acids is 1. The van der Waals surface area contributed by atoms with E-state index in [-0.39, 0.29) is 23.5 Å². The fraction of sp³-hybridized carbons (Fsp3) is 0.389. The minimum absolute atomic E-state index is 0.00511. The molecule has 2 aromatic rings. The average molecular weight is 343 g/mol. The molecule has 1 amide bonds. The van der Waals surface area contributed by atoms with Crippen LogP contribution in [0.3, 0.4) is 0 Å². The molecule has 0 saturated carbocycles. The van der Waals surface area contributed by atoms with Crippen molar-refractivity contribution >= 4 is 17.6 Å². The van der Waals surface area contributed by atoms with Crippen LogP contribution in [0.2, 0.25) is 0 Å². The molecule has 3 rings (SSSR count). The van der Waals surface area contributed by atoms with Gasteiger partial charge in [-0.05, 0) is 49.9 Å². The van der Waals surface area contributed by atoms with Crippen molar-refractivity contribution in [3.05, 3.63) is 47.9 Å². The molecular formula is C18H21N3O4. The van der Waals surface area contributed by atoms with Gasteiger partial charge in [-0.15, -0.1) is 0 Å². The van der Waals surface area contributed by atoms with Gasteiger partial charge >= 0.3 is 5.97 Å². The third kappa shape index (κ3) is 4.67. The van der Waals surface area contributed by atoms with Crippen LogP contribution in [0.1, 0.15) is 29.1 Å². The van der Waals surface area contributed by atoms with Gasteiger partial charge in [0.05, 0.1) is 5.69 Å². The van der Waals surface area contributed by atoms with Crippen molar-refractivity contribution in [2.24, 2.45) is 11.8 Å². The predicted octanol–water partition coefficient (Wildman–Crippen LogP) is 2.17. The molecule has 2 unspecified atom stereocenters. The summed E-state index contributed by atoms with van der Waals surface area (Å²) >= 11 is 0. The van der Waals surface area contributed by atoms with E-state index in [1.807, 2.05) is 30.3 Å². The third-order valence-corrected chi connectivity index (χ3v) is 4.51. The zero-order chi connectivity index (χ0) is 17.6. The van der Waals surface area contributed by atoms with Gasteiger partial charge in [0.2, 0.25) is 11.7 Å². The second kappa shape index (κ2) is 7.94. The Balaban J connectivity index is 1.60. The first-order valence-electron chi connectivity index (χ1n) is 8.36. The quantitative estimate of drug-likeness (QED) is 0.742. The average Bonchev–Trinajstić information content (AvgIpc) is 3.06. The number of benzene rings is 1. The number of aromatic carboxylic acids is 1. The SMILES string of the molecule is O=C(CC1CCNCC1Cc1cc(C(=O)O)on1)Nc1ccccc1. The van der Waals surface area contributed by atoms with Gasteiger partial charge in [-0.3, -0.25) is 4.79 Å². The lowest BCUT2D eigenvalue weighted by Gasteiger charge is -2.31. The highest BCUT2D eigenvalue weighted by Gasteiger charge is 2.28. The van der Waals surface area contributed by atoms with Gasteiger partial charge in [-0.2, -0.15) is 0 Å². The minimum Gasteiger partial charge on any atom is -0.475 e. The Hall–Kier alpha value is -2.67. The molecule has 1 aliphatic rings. The summed E-state index contributed by atoms with van der Waals surface area (Å²) in [5.41, 5.74) is 1.40. The topological polar surface area (TPSA) is 104 Å². The van der Waals surface area contributed by atoms with Crippen LogP contribution in [0.5, 0.6) is 0 Å². The largest absolute Gasteiger partial charge is 0.475 e. The Bertz CT molecular complexity index is 729. The number of nitrogens with zero attached hydrogens (tertiary/aromatic N) is 1. The number of anilines is 1. The molecule has 0 aliphatic carbocycles. The van der Waals surface area contributed by atoms with Crippen LogP contribution in [0.15, 0.2) is 40.9 Å². The van der Waals surface area contributed by atoms with Crippen LogP contribution in [0.4, 0.5) is 5.69 Å². The summed E-state index contributed by atoms with van der Waals surface area (Å²) in [4.78, 5) is 23.2. The maximum absolute atomic E-state index is 12.3. The predicted molar refractivity (Wildman–Crippen MR) is 91.3 cm³/mol. The maximum atomic E-state index is 12.3. The molecular weight excluding hydrogens is 322 g/mol. The van der Waals surface area contributed by atoms with E-state index in [1.54, 1.807) is 0 Å². The molecule has 1 aromatic heterocycles. The molecule has 132 valence electrons. The second-order valence-electron chi connectivity index (χ2n) is 6.32. The number of carbonyl (C=O) groups is 2. The van der Waals surface area contributed by atoms with Crippen molar-refractivity contribution in [3.63, 3.8) is 0 Å². The van der Waals surface area contributed by atoms with Gasteiger partial charge in [0.1, 0.15) is 0 Å².